The van der Waals surface area contributed by atoms with Gasteiger partial charge in [-0.05, 0) is 35.4 Å². The van der Waals surface area contributed by atoms with Crippen LogP contribution < -0.4 is 0 Å². The molecule has 0 heterocycles. The van der Waals surface area contributed by atoms with Gasteiger partial charge in [-0.15, -0.1) is 0 Å². The van der Waals surface area contributed by atoms with Crippen LogP contribution in [0.3, 0.4) is 0 Å². The van der Waals surface area contributed by atoms with Crippen LogP contribution in [0.1, 0.15) is 41.4 Å². The van der Waals surface area contributed by atoms with Crippen LogP contribution in [0.15, 0.2) is 97.1 Å². The van der Waals surface area contributed by atoms with E-state index in [1.807, 2.05) is 0 Å². The van der Waals surface area contributed by atoms with Crippen molar-refractivity contribution >= 4 is 23.1 Å². The Hall–Kier alpha value is -4.84. The molecule has 0 amide bonds. The normalized spacial score (nSPS) is 10.5. The molecule has 4 rings (SSSR count). The van der Waals surface area contributed by atoms with E-state index in [1.165, 1.54) is 72.8 Å². The highest BCUT2D eigenvalue weighted by atomic mass is 16.3. The monoisotopic (exact) mass is 450 g/mol. The summed E-state index contributed by atoms with van der Waals surface area (Å²) >= 11 is 0. The molecule has 0 aliphatic heterocycles. The molecule has 0 spiro atoms. The number of Topliss-reactive ketones (excluding diaryl/α,β-unsaturated/α-hetero) is 4. The molecule has 0 saturated carbocycles. The fraction of sp³-hybridized carbons (Fsp3) is 0. The predicted octanol–water partition coefficient (Wildman–Crippen LogP) is 4.90. The van der Waals surface area contributed by atoms with E-state index in [0.717, 1.165) is 11.1 Å². The average Bonchev–Trinajstić information content (AvgIpc) is 2.87. The molecule has 0 radical (unpaired) electrons. The number of hydrogen-bond acceptors (Lipinski definition) is 6. The lowest BCUT2D eigenvalue weighted by molar-refractivity contribution is 0.0817. The molecule has 0 aliphatic carbocycles. The second kappa shape index (κ2) is 9.34. The molecule has 166 valence electrons. The molecule has 0 saturated heterocycles. The Kier molecular flexibility index (Phi) is 6.14. The third-order valence-electron chi connectivity index (χ3n) is 5.26. The molecular weight excluding hydrogens is 432 g/mol. The third kappa shape index (κ3) is 4.66. The molecule has 0 aromatic heterocycles. The minimum Gasteiger partial charge on any atom is -0.508 e. The highest BCUT2D eigenvalue weighted by Crippen LogP contribution is 2.22. The summed E-state index contributed by atoms with van der Waals surface area (Å²) in [6.07, 6.45) is 0. The highest BCUT2D eigenvalue weighted by molar-refractivity contribution is 6.49. The van der Waals surface area contributed by atoms with Crippen LogP contribution in [0.5, 0.6) is 11.5 Å². The lowest BCUT2D eigenvalue weighted by Crippen LogP contribution is -2.14. The first kappa shape index (κ1) is 22.4. The van der Waals surface area contributed by atoms with Crippen molar-refractivity contribution in [3.05, 3.63) is 119 Å². The van der Waals surface area contributed by atoms with Crippen molar-refractivity contribution in [3.8, 4) is 22.6 Å². The second-order valence-corrected chi connectivity index (χ2v) is 7.57. The standard InChI is InChI=1S/C28H18O6/c29-23-5-1-3-21(15-23)27(33)25(31)19-11-7-17(8-12-19)18-9-13-20(14-10-18)26(32)28(34)22-4-2-6-24(30)16-22/h1-16,29-30H. The zero-order valence-electron chi connectivity index (χ0n) is 17.8. The maximum Gasteiger partial charge on any atom is 0.233 e. The molecule has 0 bridgehead atoms. The van der Waals surface area contributed by atoms with Crippen LogP contribution >= 0.6 is 0 Å². The summed E-state index contributed by atoms with van der Waals surface area (Å²) in [5, 5.41) is 19.0. The first-order valence-electron chi connectivity index (χ1n) is 10.3. The Balaban J connectivity index is 1.49. The van der Waals surface area contributed by atoms with Gasteiger partial charge in [0.25, 0.3) is 0 Å². The van der Waals surface area contributed by atoms with Crippen molar-refractivity contribution in [2.24, 2.45) is 0 Å². The van der Waals surface area contributed by atoms with Crippen molar-refractivity contribution in [2.75, 3.05) is 0 Å². The van der Waals surface area contributed by atoms with Gasteiger partial charge < -0.3 is 10.2 Å². The smallest absolute Gasteiger partial charge is 0.233 e. The number of benzene rings is 4. The van der Waals surface area contributed by atoms with E-state index in [2.05, 4.69) is 0 Å². The van der Waals surface area contributed by atoms with Crippen molar-refractivity contribution in [1.29, 1.82) is 0 Å². The van der Waals surface area contributed by atoms with Gasteiger partial charge >= 0.3 is 0 Å². The summed E-state index contributed by atoms with van der Waals surface area (Å²) in [6.45, 7) is 0. The minimum absolute atomic E-state index is 0.0976. The number of phenolic OH excluding ortho intramolecular Hbond substituents is 2. The summed E-state index contributed by atoms with van der Waals surface area (Å²) in [4.78, 5) is 49.8. The van der Waals surface area contributed by atoms with Gasteiger partial charge in [0.1, 0.15) is 11.5 Å². The van der Waals surface area contributed by atoms with Crippen LogP contribution in [0.25, 0.3) is 11.1 Å². The van der Waals surface area contributed by atoms with Crippen LogP contribution in [-0.4, -0.2) is 33.3 Å². The Morgan fingerprint density at radius 2 is 0.735 bits per heavy atom. The lowest BCUT2D eigenvalue weighted by atomic mass is 9.96. The summed E-state index contributed by atoms with van der Waals surface area (Å²) in [5.41, 5.74) is 2.13. The van der Waals surface area contributed by atoms with E-state index in [4.69, 9.17) is 0 Å². The van der Waals surface area contributed by atoms with E-state index in [0.29, 0.717) is 0 Å². The second-order valence-electron chi connectivity index (χ2n) is 7.57. The van der Waals surface area contributed by atoms with E-state index in [-0.39, 0.29) is 33.8 Å². The number of aromatic hydroxyl groups is 2. The van der Waals surface area contributed by atoms with E-state index in [9.17, 15) is 29.4 Å². The SMILES string of the molecule is O=C(C(=O)c1cccc(O)c1)c1ccc(-c2ccc(C(=O)C(=O)c3cccc(O)c3)cc2)cc1. The fourth-order valence-corrected chi connectivity index (χ4v) is 3.45. The number of carbonyl (C=O) groups excluding carboxylic acids is 4. The van der Waals surface area contributed by atoms with Crippen molar-refractivity contribution in [1.82, 2.24) is 0 Å². The van der Waals surface area contributed by atoms with Gasteiger partial charge in [-0.1, -0.05) is 72.8 Å². The molecule has 6 nitrogen and oxygen atoms in total. The van der Waals surface area contributed by atoms with E-state index in [1.54, 1.807) is 24.3 Å². The quantitative estimate of drug-likeness (QED) is 0.306. The first-order chi connectivity index (χ1) is 16.3. The van der Waals surface area contributed by atoms with E-state index >= 15 is 0 Å². The molecule has 34 heavy (non-hydrogen) atoms. The van der Waals surface area contributed by atoms with Crippen LogP contribution in [0.4, 0.5) is 0 Å². The van der Waals surface area contributed by atoms with Crippen LogP contribution in [0, 0.1) is 0 Å². The number of rotatable bonds is 7. The first-order valence-corrected chi connectivity index (χ1v) is 10.3. The lowest BCUT2D eigenvalue weighted by Gasteiger charge is -2.06. The molecule has 0 atom stereocenters. The van der Waals surface area contributed by atoms with Gasteiger partial charge in [0, 0.05) is 22.3 Å². The minimum atomic E-state index is -0.720. The van der Waals surface area contributed by atoms with Crippen LogP contribution in [-0.2, 0) is 0 Å². The molecule has 2 N–H and O–H groups in total. The Labute approximate surface area is 194 Å². The maximum atomic E-state index is 12.5. The summed E-state index contributed by atoms with van der Waals surface area (Å²) in [7, 11) is 0. The molecule has 4 aromatic rings. The summed E-state index contributed by atoms with van der Waals surface area (Å²) < 4.78 is 0. The molecule has 0 fully saturated rings. The average molecular weight is 450 g/mol. The number of carbonyl (C=O) groups is 4. The summed E-state index contributed by atoms with van der Waals surface area (Å²) in [5.74, 6) is -3.02. The van der Waals surface area contributed by atoms with Crippen molar-refractivity contribution < 1.29 is 29.4 Å². The predicted molar refractivity (Wildman–Crippen MR) is 125 cm³/mol. The Bertz CT molecular complexity index is 1310. The van der Waals surface area contributed by atoms with Gasteiger partial charge in [-0.3, -0.25) is 19.2 Å². The number of phenols is 2. The van der Waals surface area contributed by atoms with Crippen molar-refractivity contribution in [3.63, 3.8) is 0 Å². The molecule has 4 aromatic carbocycles. The maximum absolute atomic E-state index is 12.5. The van der Waals surface area contributed by atoms with E-state index < -0.39 is 23.1 Å². The van der Waals surface area contributed by atoms with Crippen molar-refractivity contribution in [2.45, 2.75) is 0 Å². The van der Waals surface area contributed by atoms with Crippen LogP contribution in [0.2, 0.25) is 0 Å². The summed E-state index contributed by atoms with van der Waals surface area (Å²) in [6, 6.07) is 24.0. The Morgan fingerprint density at radius 3 is 1.06 bits per heavy atom. The highest BCUT2D eigenvalue weighted by Gasteiger charge is 2.20. The number of hydrogen-bond donors (Lipinski definition) is 2. The van der Waals surface area contributed by atoms with Gasteiger partial charge in [-0.25, -0.2) is 0 Å². The zero-order valence-corrected chi connectivity index (χ0v) is 17.8. The third-order valence-corrected chi connectivity index (χ3v) is 5.26. The largest absolute Gasteiger partial charge is 0.508 e. The number of ketones is 4. The molecule has 0 unspecified atom stereocenters. The molecule has 6 heteroatoms. The topological polar surface area (TPSA) is 109 Å². The van der Waals surface area contributed by atoms with Gasteiger partial charge in [0.15, 0.2) is 0 Å². The zero-order chi connectivity index (χ0) is 24.2. The molecular formula is C28H18O6. The fourth-order valence-electron chi connectivity index (χ4n) is 3.45. The molecule has 0 aliphatic rings. The Morgan fingerprint density at radius 1 is 0.412 bits per heavy atom. The van der Waals surface area contributed by atoms with Gasteiger partial charge in [0.05, 0.1) is 0 Å². The van der Waals surface area contributed by atoms with Gasteiger partial charge in [-0.2, -0.15) is 0 Å². The van der Waals surface area contributed by atoms with Gasteiger partial charge in [0.2, 0.25) is 23.1 Å².